The van der Waals surface area contributed by atoms with Gasteiger partial charge in [0, 0.05) is 51.2 Å². The van der Waals surface area contributed by atoms with Crippen LogP contribution >= 0.6 is 24.0 Å². The zero-order chi connectivity index (χ0) is 22.9. The topological polar surface area (TPSA) is 66.0 Å². The van der Waals surface area contributed by atoms with Crippen molar-refractivity contribution in [3.05, 3.63) is 35.4 Å². The summed E-state index contributed by atoms with van der Waals surface area (Å²) >= 11 is 0. The summed E-state index contributed by atoms with van der Waals surface area (Å²) in [4.78, 5) is 19.2. The Morgan fingerprint density at radius 2 is 1.82 bits per heavy atom. The molecule has 1 aromatic rings. The third kappa shape index (κ3) is 7.84. The van der Waals surface area contributed by atoms with E-state index < -0.39 is 0 Å². The van der Waals surface area contributed by atoms with Crippen LogP contribution in [0.25, 0.3) is 0 Å². The molecule has 2 heterocycles. The molecule has 7 heteroatoms. The van der Waals surface area contributed by atoms with Crippen LogP contribution in [0.2, 0.25) is 0 Å². The van der Waals surface area contributed by atoms with Gasteiger partial charge in [0.25, 0.3) is 0 Å². The molecular weight excluding hydrogens is 527 g/mol. The molecule has 2 atom stereocenters. The number of hydrogen-bond donors (Lipinski definition) is 2. The van der Waals surface area contributed by atoms with E-state index in [1.54, 1.807) is 0 Å². The lowest BCUT2D eigenvalue weighted by Crippen LogP contribution is -2.51. The van der Waals surface area contributed by atoms with E-state index in [0.717, 1.165) is 70.7 Å². The highest BCUT2D eigenvalue weighted by molar-refractivity contribution is 14.0. The summed E-state index contributed by atoms with van der Waals surface area (Å²) in [6.07, 6.45) is 6.17. The van der Waals surface area contributed by atoms with Gasteiger partial charge in [0.15, 0.2) is 5.96 Å². The second-order valence-electron chi connectivity index (χ2n) is 9.31. The summed E-state index contributed by atoms with van der Waals surface area (Å²) in [5, 5.41) is 7.13. The lowest BCUT2D eigenvalue weighted by atomic mass is 9.89. The average molecular weight is 571 g/mol. The summed E-state index contributed by atoms with van der Waals surface area (Å²) in [5.41, 5.74) is 2.54. The van der Waals surface area contributed by atoms with Crippen LogP contribution in [0.1, 0.15) is 69.6 Å². The molecule has 33 heavy (non-hydrogen) atoms. The minimum atomic E-state index is 0. The molecule has 0 aliphatic carbocycles. The first-order valence-electron chi connectivity index (χ1n) is 12.5. The Balaban J connectivity index is 0.00000385. The second-order valence-corrected chi connectivity index (χ2v) is 9.31. The number of hydrogen-bond acceptors (Lipinski definition) is 3. The molecule has 186 valence electrons. The second kappa shape index (κ2) is 14.1. The van der Waals surface area contributed by atoms with Gasteiger partial charge < -0.3 is 20.3 Å². The number of carbonyl (C=O) groups is 1. The van der Waals surface area contributed by atoms with Crippen LogP contribution in [0, 0.1) is 18.8 Å². The van der Waals surface area contributed by atoms with Gasteiger partial charge in [0.1, 0.15) is 0 Å². The normalized spacial score (nSPS) is 22.1. The molecule has 0 saturated carbocycles. The maximum Gasteiger partial charge on any atom is 0.225 e. The first-order chi connectivity index (χ1) is 15.5. The quantitative estimate of drug-likeness (QED) is 0.284. The first-order valence-corrected chi connectivity index (χ1v) is 12.5. The summed E-state index contributed by atoms with van der Waals surface area (Å²) in [6.45, 7) is 9.66. The molecule has 2 unspecified atom stereocenters. The van der Waals surface area contributed by atoms with Crippen molar-refractivity contribution in [2.24, 2.45) is 16.8 Å². The van der Waals surface area contributed by atoms with Crippen molar-refractivity contribution in [1.82, 2.24) is 15.5 Å². The van der Waals surface area contributed by atoms with Crippen LogP contribution < -0.4 is 10.6 Å². The third-order valence-electron chi connectivity index (χ3n) is 7.09. The Bertz CT molecular complexity index is 743. The van der Waals surface area contributed by atoms with Crippen LogP contribution in [0.3, 0.4) is 0 Å². The number of piperidine rings is 1. The Kier molecular flexibility index (Phi) is 12.0. The molecule has 3 rings (SSSR count). The number of halogens is 1. The lowest BCUT2D eigenvalue weighted by Gasteiger charge is -2.35. The molecule has 0 bridgehead atoms. The zero-order valence-corrected chi connectivity index (χ0v) is 23.1. The SMILES string of the molecule is CCC(CC)C(=O)N1CCC(NC(=NC)NCC2CCCOC2c2ccc(C)cc2)CC1.I. The Morgan fingerprint density at radius 1 is 1.15 bits per heavy atom. The van der Waals surface area contributed by atoms with Gasteiger partial charge in [-0.05, 0) is 51.0 Å². The Labute approximate surface area is 217 Å². The summed E-state index contributed by atoms with van der Waals surface area (Å²) < 4.78 is 6.17. The lowest BCUT2D eigenvalue weighted by molar-refractivity contribution is -0.136. The van der Waals surface area contributed by atoms with Gasteiger partial charge in [0.05, 0.1) is 6.10 Å². The van der Waals surface area contributed by atoms with Gasteiger partial charge in [-0.3, -0.25) is 9.79 Å². The monoisotopic (exact) mass is 570 g/mol. The van der Waals surface area contributed by atoms with Gasteiger partial charge >= 0.3 is 0 Å². The first kappa shape index (κ1) is 27.9. The summed E-state index contributed by atoms with van der Waals surface area (Å²) in [7, 11) is 1.83. The highest BCUT2D eigenvalue weighted by Gasteiger charge is 2.29. The number of ether oxygens (including phenoxy) is 1. The van der Waals surface area contributed by atoms with E-state index in [-0.39, 0.29) is 36.0 Å². The van der Waals surface area contributed by atoms with Crippen LogP contribution in [0.5, 0.6) is 0 Å². The Hall–Kier alpha value is -1.35. The number of aliphatic imine (C=N–C) groups is 1. The average Bonchev–Trinajstić information content (AvgIpc) is 2.83. The van der Waals surface area contributed by atoms with E-state index in [0.29, 0.717) is 17.9 Å². The third-order valence-corrected chi connectivity index (χ3v) is 7.09. The molecule has 2 aliphatic rings. The number of guanidine groups is 1. The number of rotatable bonds is 7. The van der Waals surface area contributed by atoms with E-state index in [2.05, 4.69) is 65.6 Å². The maximum atomic E-state index is 12.6. The van der Waals surface area contributed by atoms with Gasteiger partial charge in [-0.25, -0.2) is 0 Å². The van der Waals surface area contributed by atoms with Gasteiger partial charge in [-0.1, -0.05) is 43.7 Å². The predicted octanol–water partition coefficient (Wildman–Crippen LogP) is 4.67. The number of likely N-dealkylation sites (tertiary alicyclic amines) is 1. The van der Waals surface area contributed by atoms with Gasteiger partial charge in [0.2, 0.25) is 5.91 Å². The molecule has 0 spiro atoms. The van der Waals surface area contributed by atoms with Crippen LogP contribution in [0.4, 0.5) is 0 Å². The van der Waals surface area contributed by atoms with Crippen molar-refractivity contribution in [3.8, 4) is 0 Å². The van der Waals surface area contributed by atoms with Crippen molar-refractivity contribution >= 4 is 35.8 Å². The molecule has 1 amide bonds. The van der Waals surface area contributed by atoms with Crippen molar-refractivity contribution in [2.75, 3.05) is 33.3 Å². The smallest absolute Gasteiger partial charge is 0.225 e. The van der Waals surface area contributed by atoms with Crippen molar-refractivity contribution < 1.29 is 9.53 Å². The standard InChI is InChI=1S/C26H42N4O2.HI/c1-5-20(6-2)25(31)30-15-13-23(14-16-30)29-26(27-4)28-18-22-8-7-17-32-24(22)21-11-9-19(3)10-12-21;/h9-12,20,22-24H,5-8,13-18H2,1-4H3,(H2,27,28,29);1H. The molecular formula is C26H43IN4O2. The number of amides is 1. The van der Waals surface area contributed by atoms with Crippen molar-refractivity contribution in [2.45, 2.75) is 71.4 Å². The van der Waals surface area contributed by atoms with Crippen molar-refractivity contribution in [3.63, 3.8) is 0 Å². The molecule has 2 fully saturated rings. The Morgan fingerprint density at radius 3 is 2.42 bits per heavy atom. The number of aryl methyl sites for hydroxylation is 1. The fourth-order valence-corrected chi connectivity index (χ4v) is 4.93. The van der Waals surface area contributed by atoms with Crippen LogP contribution in [-0.2, 0) is 9.53 Å². The maximum absolute atomic E-state index is 12.6. The van der Waals surface area contributed by atoms with E-state index in [9.17, 15) is 4.79 Å². The molecule has 1 aromatic carbocycles. The molecule has 6 nitrogen and oxygen atoms in total. The molecule has 2 saturated heterocycles. The summed E-state index contributed by atoms with van der Waals surface area (Å²) in [6, 6.07) is 9.07. The fourth-order valence-electron chi connectivity index (χ4n) is 4.93. The highest BCUT2D eigenvalue weighted by atomic mass is 127. The highest BCUT2D eigenvalue weighted by Crippen LogP contribution is 2.33. The predicted molar refractivity (Wildman–Crippen MR) is 146 cm³/mol. The van der Waals surface area contributed by atoms with Gasteiger partial charge in [-0.15, -0.1) is 24.0 Å². The minimum absolute atomic E-state index is 0. The fraction of sp³-hybridized carbons (Fsp3) is 0.692. The number of carbonyl (C=O) groups excluding carboxylic acids is 1. The minimum Gasteiger partial charge on any atom is -0.373 e. The molecule has 2 N–H and O–H groups in total. The van der Waals surface area contributed by atoms with Crippen LogP contribution in [-0.4, -0.2) is 56.1 Å². The number of benzene rings is 1. The molecule has 0 radical (unpaired) electrons. The zero-order valence-electron chi connectivity index (χ0n) is 20.8. The van der Waals surface area contributed by atoms with Crippen molar-refractivity contribution in [1.29, 1.82) is 0 Å². The number of nitrogens with one attached hydrogen (secondary N) is 2. The van der Waals surface area contributed by atoms with E-state index >= 15 is 0 Å². The van der Waals surface area contributed by atoms with Crippen LogP contribution in [0.15, 0.2) is 29.3 Å². The molecule has 0 aromatic heterocycles. The van der Waals surface area contributed by atoms with E-state index in [1.165, 1.54) is 11.1 Å². The molecule has 2 aliphatic heterocycles. The summed E-state index contributed by atoms with van der Waals surface area (Å²) in [5.74, 6) is 1.77. The van der Waals surface area contributed by atoms with E-state index in [1.807, 2.05) is 7.05 Å². The number of nitrogens with zero attached hydrogens (tertiary/aromatic N) is 2. The largest absolute Gasteiger partial charge is 0.373 e. The van der Waals surface area contributed by atoms with E-state index in [4.69, 9.17) is 4.74 Å². The van der Waals surface area contributed by atoms with Gasteiger partial charge in [-0.2, -0.15) is 0 Å².